The van der Waals surface area contributed by atoms with Gasteiger partial charge in [0.1, 0.15) is 5.54 Å². The van der Waals surface area contributed by atoms with Crippen LogP contribution in [0.4, 0.5) is 0 Å². The highest BCUT2D eigenvalue weighted by Gasteiger charge is 2.45. The Labute approximate surface area is 108 Å². The highest BCUT2D eigenvalue weighted by atomic mass is 16.4. The number of carbonyl (C=O) groups is 2. The minimum absolute atomic E-state index is 0.0318. The summed E-state index contributed by atoms with van der Waals surface area (Å²) in [7, 11) is 0. The van der Waals surface area contributed by atoms with Crippen molar-refractivity contribution in [3.8, 4) is 0 Å². The molecule has 1 saturated carbocycles. The molecule has 2 fully saturated rings. The van der Waals surface area contributed by atoms with Crippen molar-refractivity contribution in [3.05, 3.63) is 0 Å². The molecule has 0 spiro atoms. The van der Waals surface area contributed by atoms with Crippen molar-refractivity contribution in [1.82, 2.24) is 4.90 Å². The van der Waals surface area contributed by atoms with Crippen molar-refractivity contribution in [3.63, 3.8) is 0 Å². The Hall–Kier alpha value is -1.06. The van der Waals surface area contributed by atoms with E-state index in [1.165, 1.54) is 25.7 Å². The summed E-state index contributed by atoms with van der Waals surface area (Å²) in [5.74, 6) is -0.147. The molecule has 0 aromatic heterocycles. The molecular formula is C14H23NO3. The molecule has 1 atom stereocenters. The maximum absolute atomic E-state index is 12.2. The Balaban J connectivity index is 1.89. The lowest BCUT2D eigenvalue weighted by molar-refractivity contribution is -0.155. The van der Waals surface area contributed by atoms with E-state index < -0.39 is 11.5 Å². The number of rotatable bonds is 4. The van der Waals surface area contributed by atoms with Crippen molar-refractivity contribution < 1.29 is 14.7 Å². The highest BCUT2D eigenvalue weighted by molar-refractivity contribution is 5.87. The van der Waals surface area contributed by atoms with Crippen LogP contribution >= 0.6 is 0 Å². The zero-order chi connectivity index (χ0) is 13.2. The molecule has 18 heavy (non-hydrogen) atoms. The minimum atomic E-state index is -0.966. The van der Waals surface area contributed by atoms with E-state index >= 15 is 0 Å². The van der Waals surface area contributed by atoms with E-state index in [0.29, 0.717) is 25.3 Å². The van der Waals surface area contributed by atoms with Gasteiger partial charge in [-0.15, -0.1) is 0 Å². The summed E-state index contributed by atoms with van der Waals surface area (Å²) in [4.78, 5) is 25.1. The number of carboxylic acid groups (broad SMARTS) is 1. The molecule has 4 heteroatoms. The SMILES string of the molecule is CC1(C(=O)O)CCCN1C(=O)CCC1CCCC1. The summed E-state index contributed by atoms with van der Waals surface area (Å²) < 4.78 is 0. The van der Waals surface area contributed by atoms with Gasteiger partial charge in [-0.2, -0.15) is 0 Å². The van der Waals surface area contributed by atoms with Crippen LogP contribution in [0.15, 0.2) is 0 Å². The predicted octanol–water partition coefficient (Wildman–Crippen LogP) is 2.42. The molecule has 1 N–H and O–H groups in total. The number of hydrogen-bond donors (Lipinski definition) is 1. The number of nitrogens with zero attached hydrogens (tertiary/aromatic N) is 1. The summed E-state index contributed by atoms with van der Waals surface area (Å²) in [5, 5.41) is 9.28. The molecule has 0 aromatic carbocycles. The van der Waals surface area contributed by atoms with Gasteiger partial charge in [0.15, 0.2) is 0 Å². The van der Waals surface area contributed by atoms with Gasteiger partial charge in [0, 0.05) is 13.0 Å². The van der Waals surface area contributed by atoms with E-state index in [1.807, 2.05) is 0 Å². The fourth-order valence-electron chi connectivity index (χ4n) is 3.35. The molecule has 1 heterocycles. The molecule has 1 aliphatic carbocycles. The van der Waals surface area contributed by atoms with Gasteiger partial charge in [0.2, 0.25) is 5.91 Å². The number of likely N-dealkylation sites (tertiary alicyclic amines) is 1. The fourth-order valence-corrected chi connectivity index (χ4v) is 3.35. The number of carbonyl (C=O) groups excluding carboxylic acids is 1. The van der Waals surface area contributed by atoms with Gasteiger partial charge in [-0.25, -0.2) is 4.79 Å². The molecule has 102 valence electrons. The van der Waals surface area contributed by atoms with Crippen LogP contribution in [0.25, 0.3) is 0 Å². The molecule has 4 nitrogen and oxygen atoms in total. The molecule has 1 amide bonds. The Morgan fingerprint density at radius 1 is 1.28 bits per heavy atom. The van der Waals surface area contributed by atoms with Crippen molar-refractivity contribution in [2.75, 3.05) is 6.54 Å². The number of hydrogen-bond acceptors (Lipinski definition) is 2. The van der Waals surface area contributed by atoms with Crippen LogP contribution in [0, 0.1) is 5.92 Å². The fraction of sp³-hybridized carbons (Fsp3) is 0.857. The number of amides is 1. The lowest BCUT2D eigenvalue weighted by atomic mass is 9.97. The van der Waals surface area contributed by atoms with Crippen molar-refractivity contribution in [1.29, 1.82) is 0 Å². The monoisotopic (exact) mass is 253 g/mol. The highest BCUT2D eigenvalue weighted by Crippen LogP contribution is 2.32. The summed E-state index contributed by atoms with van der Waals surface area (Å²) in [6.07, 6.45) is 7.89. The molecular weight excluding hydrogens is 230 g/mol. The zero-order valence-corrected chi connectivity index (χ0v) is 11.2. The zero-order valence-electron chi connectivity index (χ0n) is 11.2. The molecule has 1 unspecified atom stereocenters. The average Bonchev–Trinajstić information content (AvgIpc) is 2.95. The van der Waals surface area contributed by atoms with Gasteiger partial charge in [-0.3, -0.25) is 4.79 Å². The molecule has 0 aromatic rings. The van der Waals surface area contributed by atoms with Gasteiger partial charge in [0.25, 0.3) is 0 Å². The summed E-state index contributed by atoms with van der Waals surface area (Å²) >= 11 is 0. The molecule has 2 rings (SSSR count). The maximum atomic E-state index is 12.2. The molecule has 0 bridgehead atoms. The third-order valence-electron chi connectivity index (χ3n) is 4.64. The lowest BCUT2D eigenvalue weighted by Gasteiger charge is -2.31. The van der Waals surface area contributed by atoms with Crippen LogP contribution in [-0.2, 0) is 9.59 Å². The van der Waals surface area contributed by atoms with Gasteiger partial charge >= 0.3 is 5.97 Å². The largest absolute Gasteiger partial charge is 0.480 e. The first kappa shape index (κ1) is 13.4. The second-order valence-corrected chi connectivity index (χ2v) is 5.92. The van der Waals surface area contributed by atoms with Crippen LogP contribution in [0.5, 0.6) is 0 Å². The summed E-state index contributed by atoms with van der Waals surface area (Å²) in [6, 6.07) is 0. The topological polar surface area (TPSA) is 57.6 Å². The molecule has 1 aliphatic heterocycles. The number of aliphatic carboxylic acids is 1. The van der Waals surface area contributed by atoms with Gasteiger partial charge in [-0.1, -0.05) is 25.7 Å². The Morgan fingerprint density at radius 2 is 1.94 bits per heavy atom. The third kappa shape index (κ3) is 2.52. The second kappa shape index (κ2) is 5.29. The van der Waals surface area contributed by atoms with Crippen LogP contribution in [-0.4, -0.2) is 34.0 Å². The van der Waals surface area contributed by atoms with E-state index in [4.69, 9.17) is 0 Å². The van der Waals surface area contributed by atoms with Crippen LogP contribution in [0.3, 0.4) is 0 Å². The van der Waals surface area contributed by atoms with E-state index in [1.54, 1.807) is 11.8 Å². The summed E-state index contributed by atoms with van der Waals surface area (Å²) in [6.45, 7) is 2.28. The quantitative estimate of drug-likeness (QED) is 0.837. The summed E-state index contributed by atoms with van der Waals surface area (Å²) in [5.41, 5.74) is -0.966. The third-order valence-corrected chi connectivity index (χ3v) is 4.64. The van der Waals surface area contributed by atoms with E-state index in [9.17, 15) is 14.7 Å². The van der Waals surface area contributed by atoms with Gasteiger partial charge < -0.3 is 10.0 Å². The van der Waals surface area contributed by atoms with E-state index in [0.717, 1.165) is 12.8 Å². The first-order chi connectivity index (χ1) is 8.54. The van der Waals surface area contributed by atoms with Crippen molar-refractivity contribution in [2.45, 2.75) is 63.8 Å². The smallest absolute Gasteiger partial charge is 0.329 e. The Bertz CT molecular complexity index is 336. The van der Waals surface area contributed by atoms with E-state index in [2.05, 4.69) is 0 Å². The first-order valence-corrected chi connectivity index (χ1v) is 7.08. The van der Waals surface area contributed by atoms with Crippen LogP contribution in [0.1, 0.15) is 58.3 Å². The standard InChI is InChI=1S/C14H23NO3/c1-14(13(17)18)9-4-10-15(14)12(16)8-7-11-5-2-3-6-11/h11H,2-10H2,1H3,(H,17,18). The Morgan fingerprint density at radius 3 is 2.56 bits per heavy atom. The number of carboxylic acids is 1. The Kier molecular flexibility index (Phi) is 3.93. The average molecular weight is 253 g/mol. The van der Waals surface area contributed by atoms with Gasteiger partial charge in [0.05, 0.1) is 0 Å². The molecule has 1 saturated heterocycles. The lowest BCUT2D eigenvalue weighted by Crippen LogP contribution is -2.50. The normalized spacial score (nSPS) is 28.8. The van der Waals surface area contributed by atoms with Crippen LogP contribution < -0.4 is 0 Å². The van der Waals surface area contributed by atoms with Crippen molar-refractivity contribution >= 4 is 11.9 Å². The first-order valence-electron chi connectivity index (χ1n) is 7.08. The minimum Gasteiger partial charge on any atom is -0.480 e. The maximum Gasteiger partial charge on any atom is 0.329 e. The van der Waals surface area contributed by atoms with E-state index in [-0.39, 0.29) is 5.91 Å². The molecule has 2 aliphatic rings. The predicted molar refractivity (Wildman–Crippen MR) is 68.2 cm³/mol. The van der Waals surface area contributed by atoms with Crippen molar-refractivity contribution in [2.24, 2.45) is 5.92 Å². The molecule has 0 radical (unpaired) electrons. The van der Waals surface area contributed by atoms with Crippen LogP contribution in [0.2, 0.25) is 0 Å². The second-order valence-electron chi connectivity index (χ2n) is 5.92. The van der Waals surface area contributed by atoms with Gasteiger partial charge in [-0.05, 0) is 32.1 Å².